The molecule has 0 saturated heterocycles. The van der Waals surface area contributed by atoms with Crippen molar-refractivity contribution in [1.29, 1.82) is 0 Å². The predicted molar refractivity (Wildman–Crippen MR) is 140 cm³/mol. The number of nitrogens with one attached hydrogen (secondary N) is 1. The number of hydrogen-bond acceptors (Lipinski definition) is 8. The molecule has 0 aliphatic rings. The first-order valence-corrected chi connectivity index (χ1v) is 13.9. The summed E-state index contributed by atoms with van der Waals surface area (Å²) >= 11 is 2.51. The molecule has 1 heterocycles. The Morgan fingerprint density at radius 1 is 1.12 bits per heavy atom. The average Bonchev–Trinajstić information content (AvgIpc) is 3.17. The minimum absolute atomic E-state index is 0.0452. The molecule has 3 aromatic rings. The van der Waals surface area contributed by atoms with Crippen LogP contribution in [0.25, 0.3) is 11.1 Å². The zero-order chi connectivity index (χ0) is 25.1. The van der Waals surface area contributed by atoms with Crippen molar-refractivity contribution < 1.29 is 17.9 Å². The van der Waals surface area contributed by atoms with E-state index in [4.69, 9.17) is 10.5 Å². The van der Waals surface area contributed by atoms with E-state index in [2.05, 4.69) is 10.3 Å². The summed E-state index contributed by atoms with van der Waals surface area (Å²) in [6.07, 6.45) is 2.34. The molecule has 0 aliphatic carbocycles. The molecule has 3 rings (SSSR count). The minimum atomic E-state index is -3.92. The molecule has 180 valence electrons. The van der Waals surface area contributed by atoms with Gasteiger partial charge in [0.2, 0.25) is 9.84 Å². The number of thiophene rings is 1. The number of nitrogens with zero attached hydrogens (tertiary/aromatic N) is 1. The van der Waals surface area contributed by atoms with E-state index in [1.807, 2.05) is 37.3 Å². The van der Waals surface area contributed by atoms with E-state index >= 15 is 0 Å². The van der Waals surface area contributed by atoms with Crippen molar-refractivity contribution in [3.8, 4) is 11.1 Å². The average molecular weight is 518 g/mol. The quantitative estimate of drug-likeness (QED) is 0.178. The molecule has 0 atom stereocenters. The number of sulfone groups is 1. The van der Waals surface area contributed by atoms with Gasteiger partial charge in [-0.15, -0.1) is 23.1 Å². The van der Waals surface area contributed by atoms with E-state index in [0.717, 1.165) is 11.1 Å². The van der Waals surface area contributed by atoms with E-state index in [9.17, 15) is 13.2 Å². The van der Waals surface area contributed by atoms with E-state index in [1.54, 1.807) is 33.1 Å². The van der Waals surface area contributed by atoms with Gasteiger partial charge in [0.05, 0.1) is 26.0 Å². The summed E-state index contributed by atoms with van der Waals surface area (Å²) in [5.41, 5.74) is 8.50. The maximum Gasteiger partial charge on any atom is 0.412 e. The number of alkyl carbamates (subject to hydrolysis) is 1. The normalized spacial score (nSPS) is 12.1. The number of nitrogens with two attached hydrogens (primary N) is 1. The van der Waals surface area contributed by atoms with Crippen LogP contribution in [0, 0.1) is 6.92 Å². The maximum atomic E-state index is 13.6. The van der Waals surface area contributed by atoms with Gasteiger partial charge in [-0.25, -0.2) is 18.2 Å². The molecule has 0 fully saturated rings. The highest BCUT2D eigenvalue weighted by Gasteiger charge is 2.27. The first-order valence-electron chi connectivity index (χ1n) is 10.3. The fourth-order valence-corrected chi connectivity index (χ4v) is 7.17. The lowest BCUT2D eigenvalue weighted by atomic mass is 9.99. The zero-order valence-corrected chi connectivity index (χ0v) is 22.0. The predicted octanol–water partition coefficient (Wildman–Crippen LogP) is 6.04. The Morgan fingerprint density at radius 2 is 1.79 bits per heavy atom. The number of carbonyl (C=O) groups is 1. The smallest absolute Gasteiger partial charge is 0.412 e. The Labute approximate surface area is 208 Å². The molecule has 0 radical (unpaired) electrons. The molecule has 10 heteroatoms. The Hall–Kier alpha value is -2.82. The number of aryl methyl sites for hydroxylation is 1. The van der Waals surface area contributed by atoms with Crippen LogP contribution in [0.1, 0.15) is 26.3 Å². The number of ether oxygens (including phenoxy) is 1. The molecule has 0 aliphatic heterocycles. The van der Waals surface area contributed by atoms with Crippen LogP contribution >= 0.6 is 23.1 Å². The molecule has 0 unspecified atom stereocenters. The van der Waals surface area contributed by atoms with Gasteiger partial charge in [0.25, 0.3) is 0 Å². The molecule has 0 spiro atoms. The summed E-state index contributed by atoms with van der Waals surface area (Å²) in [7, 11) is -3.92. The number of anilines is 1. The van der Waals surface area contributed by atoms with Crippen molar-refractivity contribution in [2.24, 2.45) is 4.99 Å². The maximum absolute atomic E-state index is 13.6. The number of aliphatic imine (C=N–C) groups is 1. The number of para-hydroxylation sites is 1. The highest BCUT2D eigenvalue weighted by atomic mass is 32.2. The second kappa shape index (κ2) is 10.2. The number of thioether (sulfide) groups is 1. The largest absolute Gasteiger partial charge is 0.444 e. The number of carbonyl (C=O) groups excluding carboxylic acids is 1. The monoisotopic (exact) mass is 517 g/mol. The third-order valence-electron chi connectivity index (χ3n) is 4.69. The number of amides is 1. The number of nitrogen functional groups attached to an aromatic ring is 1. The highest BCUT2D eigenvalue weighted by molar-refractivity contribution is 8.01. The van der Waals surface area contributed by atoms with Gasteiger partial charge in [-0.05, 0) is 57.2 Å². The minimum Gasteiger partial charge on any atom is -0.444 e. The highest BCUT2D eigenvalue weighted by Crippen LogP contribution is 2.43. The fourth-order valence-electron chi connectivity index (χ4n) is 3.20. The number of benzene rings is 2. The van der Waals surface area contributed by atoms with Crippen LogP contribution in [-0.4, -0.2) is 32.7 Å². The van der Waals surface area contributed by atoms with E-state index < -0.39 is 21.5 Å². The summed E-state index contributed by atoms with van der Waals surface area (Å²) in [6, 6.07) is 14.2. The van der Waals surface area contributed by atoms with Gasteiger partial charge in [-0.1, -0.05) is 36.4 Å². The third kappa shape index (κ3) is 5.81. The lowest BCUT2D eigenvalue weighted by Crippen LogP contribution is -2.31. The van der Waals surface area contributed by atoms with Crippen LogP contribution in [0.4, 0.5) is 15.5 Å². The van der Waals surface area contributed by atoms with Gasteiger partial charge in [-0.2, -0.15) is 0 Å². The van der Waals surface area contributed by atoms with Crippen molar-refractivity contribution in [2.45, 2.75) is 47.3 Å². The molecule has 1 aromatic heterocycles. The Balaban J connectivity index is 1.95. The van der Waals surface area contributed by atoms with Gasteiger partial charge in [0.1, 0.15) is 10.6 Å². The van der Waals surface area contributed by atoms with Crippen LogP contribution in [0.5, 0.6) is 0 Å². The van der Waals surface area contributed by atoms with Gasteiger partial charge in [0.15, 0.2) is 0 Å². The molecule has 3 N–H and O–H groups in total. The van der Waals surface area contributed by atoms with Crippen LogP contribution in [0.2, 0.25) is 0 Å². The molecular formula is C24H27N3O4S3. The number of hydrogen-bond donors (Lipinski definition) is 2. The van der Waals surface area contributed by atoms with E-state index in [1.165, 1.54) is 41.6 Å². The standard InChI is InChI=1S/C24H27N3O4S3/c1-15-9-6-7-10-16(15)17-11-8-12-18(21(17)25)34(29,30)19-13-20(33-22(19)32-5)26-14-27-23(28)31-24(2,3)4/h6-14H,25H2,1-5H3,(H,26,27,28). The van der Waals surface area contributed by atoms with Crippen LogP contribution < -0.4 is 11.1 Å². The molecule has 2 aromatic carbocycles. The Kier molecular flexibility index (Phi) is 7.74. The zero-order valence-electron chi connectivity index (χ0n) is 19.6. The molecule has 0 saturated carbocycles. The second-order valence-electron chi connectivity index (χ2n) is 8.38. The summed E-state index contributed by atoms with van der Waals surface area (Å²) < 4.78 is 33.0. The van der Waals surface area contributed by atoms with Crippen LogP contribution in [0.15, 0.2) is 67.5 Å². The van der Waals surface area contributed by atoms with Gasteiger partial charge >= 0.3 is 6.09 Å². The summed E-state index contributed by atoms with van der Waals surface area (Å²) in [5.74, 6) is 0. The lowest BCUT2D eigenvalue weighted by Gasteiger charge is -2.18. The number of rotatable bonds is 6. The summed E-state index contributed by atoms with van der Waals surface area (Å²) in [5, 5.41) is 2.85. The topological polar surface area (TPSA) is 111 Å². The molecule has 0 bridgehead atoms. The lowest BCUT2D eigenvalue weighted by molar-refractivity contribution is 0.0565. The first kappa shape index (κ1) is 25.8. The van der Waals surface area contributed by atoms with E-state index in [-0.39, 0.29) is 15.5 Å². The van der Waals surface area contributed by atoms with Gasteiger partial charge in [-0.3, -0.25) is 5.32 Å². The van der Waals surface area contributed by atoms with Gasteiger partial charge in [0, 0.05) is 5.56 Å². The Morgan fingerprint density at radius 3 is 2.44 bits per heavy atom. The third-order valence-corrected chi connectivity index (χ3v) is 8.96. The van der Waals surface area contributed by atoms with Crippen molar-refractivity contribution in [2.75, 3.05) is 12.0 Å². The SMILES string of the molecule is CSc1sc(N=CNC(=O)OC(C)(C)C)cc1S(=O)(=O)c1cccc(-c2ccccc2C)c1N. The van der Waals surface area contributed by atoms with Crippen molar-refractivity contribution in [3.05, 3.63) is 54.1 Å². The van der Waals surface area contributed by atoms with Crippen molar-refractivity contribution >= 4 is 56.1 Å². The van der Waals surface area contributed by atoms with Gasteiger partial charge < -0.3 is 10.5 Å². The molecular weight excluding hydrogens is 490 g/mol. The molecule has 34 heavy (non-hydrogen) atoms. The second-order valence-corrected chi connectivity index (χ2v) is 12.4. The van der Waals surface area contributed by atoms with Crippen LogP contribution in [0.3, 0.4) is 0 Å². The fraction of sp³-hybridized carbons (Fsp3) is 0.250. The van der Waals surface area contributed by atoms with Crippen molar-refractivity contribution in [1.82, 2.24) is 5.32 Å². The summed E-state index contributed by atoms with van der Waals surface area (Å²) in [6.45, 7) is 7.22. The summed E-state index contributed by atoms with van der Waals surface area (Å²) in [4.78, 5) is 16.2. The van der Waals surface area contributed by atoms with Crippen molar-refractivity contribution in [3.63, 3.8) is 0 Å². The molecule has 7 nitrogen and oxygen atoms in total. The molecule has 1 amide bonds. The Bertz CT molecular complexity index is 1340. The van der Waals surface area contributed by atoms with Crippen LogP contribution in [-0.2, 0) is 14.6 Å². The first-order chi connectivity index (χ1) is 15.9. The van der Waals surface area contributed by atoms with E-state index in [0.29, 0.717) is 14.8 Å².